The Hall–Kier alpha value is -4.13. The summed E-state index contributed by atoms with van der Waals surface area (Å²) < 4.78 is 5.56. The average Bonchev–Trinajstić information content (AvgIpc) is 3.15. The maximum absolute atomic E-state index is 12.6. The van der Waals surface area contributed by atoms with Gasteiger partial charge in [-0.15, -0.1) is 0 Å². The Morgan fingerprint density at radius 2 is 1.58 bits per heavy atom. The van der Waals surface area contributed by atoms with Gasteiger partial charge in [-0.25, -0.2) is 4.79 Å². The van der Waals surface area contributed by atoms with Crippen LogP contribution in [0.5, 0.6) is 0 Å². The van der Waals surface area contributed by atoms with Gasteiger partial charge in [0.1, 0.15) is 13.2 Å². The Morgan fingerprint density at radius 3 is 2.18 bits per heavy atom. The number of rotatable bonds is 7. The predicted molar refractivity (Wildman–Crippen MR) is 124 cm³/mol. The molecule has 3 aromatic rings. The van der Waals surface area contributed by atoms with Crippen LogP contribution in [0, 0.1) is 0 Å². The van der Waals surface area contributed by atoms with E-state index in [0.717, 1.165) is 27.8 Å². The van der Waals surface area contributed by atoms with Gasteiger partial charge in [0.25, 0.3) is 5.91 Å². The van der Waals surface area contributed by atoms with Crippen LogP contribution in [-0.4, -0.2) is 36.2 Å². The van der Waals surface area contributed by atoms with Crippen molar-refractivity contribution in [3.05, 3.63) is 89.0 Å². The molecular weight excluding hydrogens is 420 g/mol. The average molecular weight is 444 g/mol. The number of carbonyl (C=O) groups excluding carboxylic acids is 2. The van der Waals surface area contributed by atoms with Crippen LogP contribution in [0.1, 0.15) is 39.9 Å². The summed E-state index contributed by atoms with van der Waals surface area (Å²) in [5.74, 6) is -1.81. The number of benzene rings is 3. The number of carboxylic acid groups (broad SMARTS) is 1. The first-order chi connectivity index (χ1) is 16.0. The van der Waals surface area contributed by atoms with E-state index in [1.807, 2.05) is 43.3 Å². The van der Waals surface area contributed by atoms with E-state index in [1.54, 1.807) is 18.2 Å². The highest BCUT2D eigenvalue weighted by Crippen LogP contribution is 2.44. The molecule has 0 unspecified atom stereocenters. The minimum Gasteiger partial charge on any atom is -0.480 e. The van der Waals surface area contributed by atoms with Gasteiger partial charge in [0.15, 0.2) is 0 Å². The summed E-state index contributed by atoms with van der Waals surface area (Å²) in [6.07, 6.45) is -0.00172. The van der Waals surface area contributed by atoms with Crippen molar-refractivity contribution in [2.45, 2.75) is 19.3 Å². The van der Waals surface area contributed by atoms with Crippen LogP contribution in [0.15, 0.2) is 66.7 Å². The number of carbonyl (C=O) groups is 3. The number of ether oxygens (including phenoxy) is 1. The number of amides is 2. The molecule has 0 spiro atoms. The number of nitrogens with one attached hydrogen (secondary N) is 2. The first kappa shape index (κ1) is 22.1. The summed E-state index contributed by atoms with van der Waals surface area (Å²) in [6, 6.07) is 21.2. The molecule has 0 bridgehead atoms. The second-order valence-electron chi connectivity index (χ2n) is 7.76. The van der Waals surface area contributed by atoms with Crippen LogP contribution in [0.4, 0.5) is 10.5 Å². The predicted octanol–water partition coefficient (Wildman–Crippen LogP) is 4.42. The molecule has 33 heavy (non-hydrogen) atoms. The lowest BCUT2D eigenvalue weighted by atomic mass is 9.98. The fourth-order valence-electron chi connectivity index (χ4n) is 4.10. The topological polar surface area (TPSA) is 105 Å². The van der Waals surface area contributed by atoms with Crippen LogP contribution >= 0.6 is 0 Å². The van der Waals surface area contributed by atoms with Crippen molar-refractivity contribution in [1.82, 2.24) is 5.32 Å². The maximum Gasteiger partial charge on any atom is 0.411 e. The van der Waals surface area contributed by atoms with E-state index in [0.29, 0.717) is 6.42 Å². The van der Waals surface area contributed by atoms with Crippen molar-refractivity contribution in [1.29, 1.82) is 0 Å². The molecule has 7 nitrogen and oxygen atoms in total. The number of aliphatic carboxylic acids is 1. The zero-order valence-corrected chi connectivity index (χ0v) is 18.1. The lowest BCUT2D eigenvalue weighted by Crippen LogP contribution is -2.30. The van der Waals surface area contributed by atoms with Crippen molar-refractivity contribution in [2.75, 3.05) is 18.5 Å². The summed E-state index contributed by atoms with van der Waals surface area (Å²) in [5, 5.41) is 13.8. The number of carboxylic acids is 1. The van der Waals surface area contributed by atoms with Crippen molar-refractivity contribution >= 4 is 23.7 Å². The smallest absolute Gasteiger partial charge is 0.411 e. The minimum absolute atomic E-state index is 0.0797. The van der Waals surface area contributed by atoms with Crippen molar-refractivity contribution in [3.63, 3.8) is 0 Å². The molecule has 4 rings (SSSR count). The molecule has 0 heterocycles. The standard InChI is InChI=1S/C26H24N2O5/c1-2-16-11-12-23(21(13-16)25(31)27-14-24(29)30)28-26(32)33-15-22-19-9-5-3-7-17(19)18-8-4-6-10-20(18)22/h3-13,22H,2,14-15H2,1H3,(H,27,31)(H,28,32)(H,29,30). The van der Waals surface area contributed by atoms with Crippen molar-refractivity contribution in [3.8, 4) is 11.1 Å². The first-order valence-electron chi connectivity index (χ1n) is 10.7. The van der Waals surface area contributed by atoms with Crippen molar-refractivity contribution < 1.29 is 24.2 Å². The van der Waals surface area contributed by atoms with Gasteiger partial charge in [-0.1, -0.05) is 61.5 Å². The summed E-state index contributed by atoms with van der Waals surface area (Å²) >= 11 is 0. The second-order valence-corrected chi connectivity index (χ2v) is 7.76. The summed E-state index contributed by atoms with van der Waals surface area (Å²) in [4.78, 5) is 35.9. The Labute approximate surface area is 191 Å². The molecule has 2 amide bonds. The lowest BCUT2D eigenvalue weighted by molar-refractivity contribution is -0.135. The third-order valence-electron chi connectivity index (χ3n) is 5.72. The largest absolute Gasteiger partial charge is 0.480 e. The molecule has 0 fully saturated rings. The third kappa shape index (κ3) is 4.72. The minimum atomic E-state index is -1.15. The molecule has 1 aliphatic carbocycles. The van der Waals surface area contributed by atoms with Gasteiger partial charge in [-0.3, -0.25) is 14.9 Å². The number of anilines is 1. The molecule has 0 aromatic heterocycles. The molecule has 0 saturated heterocycles. The fraction of sp³-hybridized carbons (Fsp3) is 0.192. The summed E-state index contributed by atoms with van der Waals surface area (Å²) in [5.41, 5.74) is 5.80. The van der Waals surface area contributed by atoms with Gasteiger partial charge < -0.3 is 15.2 Å². The molecule has 168 valence electrons. The molecule has 0 saturated carbocycles. The van der Waals surface area contributed by atoms with E-state index in [4.69, 9.17) is 9.84 Å². The normalized spacial score (nSPS) is 11.9. The number of hydrogen-bond donors (Lipinski definition) is 3. The molecular formula is C26H24N2O5. The highest BCUT2D eigenvalue weighted by atomic mass is 16.5. The Bertz CT molecular complexity index is 1180. The van der Waals surface area contributed by atoms with Gasteiger partial charge in [-0.05, 0) is 46.4 Å². The zero-order chi connectivity index (χ0) is 23.4. The molecule has 7 heteroatoms. The van der Waals surface area contributed by atoms with Crippen LogP contribution in [0.2, 0.25) is 0 Å². The molecule has 3 aromatic carbocycles. The molecule has 0 atom stereocenters. The van der Waals surface area contributed by atoms with Crippen LogP contribution in [0.3, 0.4) is 0 Å². The SMILES string of the molecule is CCc1ccc(NC(=O)OCC2c3ccccc3-c3ccccc32)c(C(=O)NCC(=O)O)c1. The second kappa shape index (κ2) is 9.56. The monoisotopic (exact) mass is 444 g/mol. The lowest BCUT2D eigenvalue weighted by Gasteiger charge is -2.16. The fourth-order valence-corrected chi connectivity index (χ4v) is 4.10. The van der Waals surface area contributed by atoms with Gasteiger partial charge in [-0.2, -0.15) is 0 Å². The van der Waals surface area contributed by atoms with Gasteiger partial charge in [0.05, 0.1) is 11.3 Å². The van der Waals surface area contributed by atoms with E-state index in [2.05, 4.69) is 22.8 Å². The van der Waals surface area contributed by atoms with E-state index >= 15 is 0 Å². The Morgan fingerprint density at radius 1 is 0.939 bits per heavy atom. The highest BCUT2D eigenvalue weighted by Gasteiger charge is 2.29. The summed E-state index contributed by atoms with van der Waals surface area (Å²) in [7, 11) is 0. The zero-order valence-electron chi connectivity index (χ0n) is 18.1. The van der Waals surface area contributed by atoms with E-state index < -0.39 is 24.5 Å². The Kier molecular flexibility index (Phi) is 6.40. The highest BCUT2D eigenvalue weighted by molar-refractivity contribution is 6.03. The number of fused-ring (bicyclic) bond motifs is 3. The van der Waals surface area contributed by atoms with E-state index in [9.17, 15) is 14.4 Å². The molecule has 0 aliphatic heterocycles. The van der Waals surface area contributed by atoms with E-state index in [1.165, 1.54) is 0 Å². The third-order valence-corrected chi connectivity index (χ3v) is 5.72. The Balaban J connectivity index is 1.49. The van der Waals surface area contributed by atoms with Crippen LogP contribution in [0.25, 0.3) is 11.1 Å². The van der Waals surface area contributed by atoms with Crippen LogP contribution < -0.4 is 10.6 Å². The first-order valence-corrected chi connectivity index (χ1v) is 10.7. The maximum atomic E-state index is 12.6. The number of hydrogen-bond acceptors (Lipinski definition) is 4. The van der Waals surface area contributed by atoms with Gasteiger partial charge >= 0.3 is 12.1 Å². The van der Waals surface area contributed by atoms with Gasteiger partial charge in [0, 0.05) is 5.92 Å². The van der Waals surface area contributed by atoms with Crippen LogP contribution in [-0.2, 0) is 16.0 Å². The van der Waals surface area contributed by atoms with E-state index in [-0.39, 0.29) is 23.8 Å². The molecule has 1 aliphatic rings. The number of aryl methyl sites for hydroxylation is 1. The molecule has 3 N–H and O–H groups in total. The van der Waals surface area contributed by atoms with Gasteiger partial charge in [0.2, 0.25) is 0 Å². The molecule has 0 radical (unpaired) electrons. The van der Waals surface area contributed by atoms with Crippen molar-refractivity contribution in [2.24, 2.45) is 0 Å². The quantitative estimate of drug-likeness (QED) is 0.500. The summed E-state index contributed by atoms with van der Waals surface area (Å²) in [6.45, 7) is 1.57.